The van der Waals surface area contributed by atoms with Crippen molar-refractivity contribution >= 4 is 22.4 Å². The van der Waals surface area contributed by atoms with Crippen molar-refractivity contribution in [2.24, 2.45) is 0 Å². The summed E-state index contributed by atoms with van der Waals surface area (Å²) in [7, 11) is 1.39. The van der Waals surface area contributed by atoms with Gasteiger partial charge in [-0.25, -0.2) is 9.78 Å². The fraction of sp³-hybridized carbons (Fsp3) is 0.692. The minimum Gasteiger partial charge on any atom is -0.465 e. The number of thiazole rings is 1. The zero-order valence-corrected chi connectivity index (χ0v) is 12.4. The Hall–Kier alpha value is -1.10. The number of aromatic nitrogens is 1. The van der Waals surface area contributed by atoms with Gasteiger partial charge in [0.15, 0.2) is 5.13 Å². The number of anilines is 1. The number of methoxy groups -OCH3 is 1. The van der Waals surface area contributed by atoms with E-state index >= 15 is 0 Å². The molecule has 4 nitrogen and oxygen atoms in total. The Morgan fingerprint density at radius 2 is 2.22 bits per heavy atom. The molecule has 0 fully saturated rings. The maximum atomic E-state index is 11.4. The van der Waals surface area contributed by atoms with Crippen molar-refractivity contribution in [2.45, 2.75) is 46.1 Å². The van der Waals surface area contributed by atoms with Gasteiger partial charge in [0.05, 0.1) is 13.3 Å². The molecule has 18 heavy (non-hydrogen) atoms. The van der Waals surface area contributed by atoms with Crippen molar-refractivity contribution in [1.29, 1.82) is 0 Å². The Bertz CT molecular complexity index is 377. The molecule has 0 radical (unpaired) electrons. The molecule has 0 amide bonds. The van der Waals surface area contributed by atoms with Crippen LogP contribution in [0.5, 0.6) is 0 Å². The van der Waals surface area contributed by atoms with Gasteiger partial charge in [-0.3, -0.25) is 0 Å². The number of nitrogens with zero attached hydrogens (tertiary/aromatic N) is 2. The average molecular weight is 270 g/mol. The minimum absolute atomic E-state index is 0.309. The fourth-order valence-corrected chi connectivity index (χ4v) is 2.69. The monoisotopic (exact) mass is 270 g/mol. The Morgan fingerprint density at radius 1 is 1.50 bits per heavy atom. The molecule has 0 aromatic carbocycles. The van der Waals surface area contributed by atoms with Gasteiger partial charge < -0.3 is 9.64 Å². The van der Waals surface area contributed by atoms with Gasteiger partial charge in [0.2, 0.25) is 0 Å². The molecule has 0 bridgehead atoms. The van der Waals surface area contributed by atoms with Crippen LogP contribution in [0.15, 0.2) is 6.20 Å². The maximum absolute atomic E-state index is 11.4. The predicted molar refractivity (Wildman–Crippen MR) is 75.5 cm³/mol. The molecule has 5 heteroatoms. The van der Waals surface area contributed by atoms with Gasteiger partial charge in [-0.1, -0.05) is 31.1 Å². The van der Waals surface area contributed by atoms with E-state index in [1.807, 2.05) is 0 Å². The number of esters is 1. The zero-order valence-electron chi connectivity index (χ0n) is 11.6. The highest BCUT2D eigenvalue weighted by Crippen LogP contribution is 2.25. The molecular weight excluding hydrogens is 248 g/mol. The quantitative estimate of drug-likeness (QED) is 0.563. The highest BCUT2D eigenvalue weighted by atomic mass is 32.1. The molecule has 0 unspecified atom stereocenters. The summed E-state index contributed by atoms with van der Waals surface area (Å²) in [5, 5.41) is 0.904. The Labute approximate surface area is 113 Å². The van der Waals surface area contributed by atoms with Gasteiger partial charge in [0, 0.05) is 12.6 Å². The lowest BCUT2D eigenvalue weighted by Gasteiger charge is -2.25. The Kier molecular flexibility index (Phi) is 6.12. The average Bonchev–Trinajstić information content (AvgIpc) is 2.82. The van der Waals surface area contributed by atoms with Crippen molar-refractivity contribution in [3.63, 3.8) is 0 Å². The molecule has 1 aromatic rings. The number of rotatable bonds is 7. The molecule has 0 N–H and O–H groups in total. The largest absolute Gasteiger partial charge is 0.465 e. The molecule has 1 rings (SSSR count). The number of hydrogen-bond acceptors (Lipinski definition) is 5. The number of carbonyl (C=O) groups is 1. The lowest BCUT2D eigenvalue weighted by atomic mass is 10.2. The van der Waals surface area contributed by atoms with E-state index in [1.54, 1.807) is 6.20 Å². The first-order chi connectivity index (χ1) is 8.60. The second-order valence-corrected chi connectivity index (χ2v) is 5.50. The van der Waals surface area contributed by atoms with E-state index < -0.39 is 0 Å². The summed E-state index contributed by atoms with van der Waals surface area (Å²) in [5.41, 5.74) is 0. The highest BCUT2D eigenvalue weighted by Gasteiger charge is 2.17. The minimum atomic E-state index is -0.309. The summed E-state index contributed by atoms with van der Waals surface area (Å²) < 4.78 is 4.70. The zero-order chi connectivity index (χ0) is 13.5. The molecule has 1 heterocycles. The molecule has 0 atom stereocenters. The van der Waals surface area contributed by atoms with Crippen molar-refractivity contribution in [3.05, 3.63) is 11.1 Å². The molecule has 0 aliphatic heterocycles. The molecule has 0 aliphatic carbocycles. The second kappa shape index (κ2) is 7.36. The molecule has 0 spiro atoms. The van der Waals surface area contributed by atoms with E-state index in [9.17, 15) is 4.79 Å². The normalized spacial score (nSPS) is 10.7. The lowest BCUT2D eigenvalue weighted by molar-refractivity contribution is 0.0606. The first-order valence-electron chi connectivity index (χ1n) is 6.41. The topological polar surface area (TPSA) is 42.4 Å². The van der Waals surface area contributed by atoms with E-state index in [0.29, 0.717) is 10.9 Å². The molecule has 102 valence electrons. The summed E-state index contributed by atoms with van der Waals surface area (Å²) >= 11 is 1.40. The maximum Gasteiger partial charge on any atom is 0.349 e. The summed E-state index contributed by atoms with van der Waals surface area (Å²) in [6, 6.07) is 0.388. The first kappa shape index (κ1) is 15.0. The third-order valence-corrected chi connectivity index (χ3v) is 3.77. The Morgan fingerprint density at radius 3 is 2.78 bits per heavy atom. The van der Waals surface area contributed by atoms with Gasteiger partial charge in [-0.2, -0.15) is 0 Å². The summed E-state index contributed by atoms with van der Waals surface area (Å²) in [6.45, 7) is 7.47. The van der Waals surface area contributed by atoms with Crippen LogP contribution in [-0.2, 0) is 4.74 Å². The highest BCUT2D eigenvalue weighted by molar-refractivity contribution is 7.17. The first-order valence-corrected chi connectivity index (χ1v) is 7.22. The van der Waals surface area contributed by atoms with Gasteiger partial charge in [-0.15, -0.1) is 0 Å². The molecular formula is C13H22N2O2S. The van der Waals surface area contributed by atoms with Crippen molar-refractivity contribution in [1.82, 2.24) is 4.98 Å². The van der Waals surface area contributed by atoms with Crippen LogP contribution in [0.2, 0.25) is 0 Å². The summed E-state index contributed by atoms with van der Waals surface area (Å²) in [6.07, 6.45) is 5.18. The van der Waals surface area contributed by atoms with E-state index in [-0.39, 0.29) is 5.97 Å². The number of unbranched alkanes of at least 4 members (excludes halogenated alkanes) is 2. The van der Waals surface area contributed by atoms with E-state index in [2.05, 4.69) is 30.7 Å². The lowest BCUT2D eigenvalue weighted by Crippen LogP contribution is -2.31. The number of hydrogen-bond donors (Lipinski definition) is 0. The van der Waals surface area contributed by atoms with Crippen molar-refractivity contribution in [2.75, 3.05) is 18.6 Å². The van der Waals surface area contributed by atoms with Crippen LogP contribution in [0.4, 0.5) is 5.13 Å². The summed E-state index contributed by atoms with van der Waals surface area (Å²) in [4.78, 5) is 18.5. The molecule has 1 aromatic heterocycles. The van der Waals surface area contributed by atoms with Gasteiger partial charge in [-0.05, 0) is 20.3 Å². The van der Waals surface area contributed by atoms with Crippen molar-refractivity contribution < 1.29 is 9.53 Å². The third-order valence-electron chi connectivity index (χ3n) is 2.75. The van der Waals surface area contributed by atoms with E-state index in [0.717, 1.165) is 18.1 Å². The van der Waals surface area contributed by atoms with Gasteiger partial charge in [0.25, 0.3) is 0 Å². The fourth-order valence-electron chi connectivity index (χ4n) is 1.70. The standard InChI is InChI=1S/C13H22N2O2S/c1-5-6-7-8-15(10(2)3)13-14-9-11(18-13)12(16)17-4/h9-10H,5-8H2,1-4H3. The number of ether oxygens (including phenoxy) is 1. The van der Waals surface area contributed by atoms with E-state index in [4.69, 9.17) is 4.74 Å². The van der Waals surface area contributed by atoms with E-state index in [1.165, 1.54) is 31.3 Å². The number of carbonyl (C=O) groups excluding carboxylic acids is 1. The smallest absolute Gasteiger partial charge is 0.349 e. The predicted octanol–water partition coefficient (Wildman–Crippen LogP) is 3.33. The van der Waals surface area contributed by atoms with Gasteiger partial charge >= 0.3 is 5.97 Å². The van der Waals surface area contributed by atoms with Crippen molar-refractivity contribution in [3.8, 4) is 0 Å². The molecule has 0 saturated heterocycles. The van der Waals surface area contributed by atoms with Gasteiger partial charge in [0.1, 0.15) is 4.88 Å². The van der Waals surface area contributed by atoms with Crippen LogP contribution in [0.1, 0.15) is 49.7 Å². The second-order valence-electron chi connectivity index (χ2n) is 4.49. The van der Waals surface area contributed by atoms with Crippen LogP contribution in [-0.4, -0.2) is 30.6 Å². The van der Waals surface area contributed by atoms with Crippen LogP contribution in [0.3, 0.4) is 0 Å². The SMILES string of the molecule is CCCCCN(c1ncc(C(=O)OC)s1)C(C)C. The molecule has 0 aliphatic rings. The van der Waals surface area contributed by atoms with Crippen LogP contribution in [0.25, 0.3) is 0 Å². The Balaban J connectivity index is 2.73. The van der Waals surface area contributed by atoms with Crippen LogP contribution < -0.4 is 4.90 Å². The molecule has 0 saturated carbocycles. The third kappa shape index (κ3) is 3.98. The van der Waals surface area contributed by atoms with Crippen LogP contribution >= 0.6 is 11.3 Å². The van der Waals surface area contributed by atoms with Crippen LogP contribution in [0, 0.1) is 0 Å². The summed E-state index contributed by atoms with van der Waals surface area (Å²) in [5.74, 6) is -0.309.